The van der Waals surface area contributed by atoms with E-state index in [1.54, 1.807) is 0 Å². The maximum absolute atomic E-state index is 12.5. The summed E-state index contributed by atoms with van der Waals surface area (Å²) in [7, 11) is 0.762. The second kappa shape index (κ2) is 9.15. The largest absolute Gasteiger partial charge is 0.495 e. The highest BCUT2D eigenvalue weighted by atomic mass is 32.2. The fourth-order valence-corrected chi connectivity index (χ4v) is 3.92. The van der Waals surface area contributed by atoms with Crippen LogP contribution in [-0.2, 0) is 21.2 Å². The van der Waals surface area contributed by atoms with E-state index in [-0.39, 0.29) is 17.2 Å². The highest BCUT2D eigenvalue weighted by Crippen LogP contribution is 2.28. The van der Waals surface area contributed by atoms with Crippen LogP contribution >= 0.6 is 0 Å². The standard InChI is InChI=1S/C22H25N3O4S/c1-25(2)30(27,28)18-11-13-21(29-3)20(15-18)24-22(26)14-10-17-9-12-19(23-17)16-7-5-4-6-8-16/h4-9,11-13,15,23H,10,14H2,1-3H3,(H,24,26). The molecule has 3 aromatic rings. The van der Waals surface area contributed by atoms with Crippen LogP contribution in [0, 0.1) is 0 Å². The Morgan fingerprint density at radius 3 is 2.47 bits per heavy atom. The molecule has 0 spiro atoms. The number of aryl methyl sites for hydroxylation is 1. The Labute approximate surface area is 176 Å². The van der Waals surface area contributed by atoms with Gasteiger partial charge in [-0.1, -0.05) is 30.3 Å². The number of sulfonamides is 1. The number of aromatic amines is 1. The van der Waals surface area contributed by atoms with Crippen LogP contribution in [0.25, 0.3) is 11.3 Å². The summed E-state index contributed by atoms with van der Waals surface area (Å²) in [5.74, 6) is 0.163. The van der Waals surface area contributed by atoms with E-state index in [9.17, 15) is 13.2 Å². The maximum Gasteiger partial charge on any atom is 0.242 e. The maximum atomic E-state index is 12.5. The second-order valence-corrected chi connectivity index (χ2v) is 9.11. The van der Waals surface area contributed by atoms with Gasteiger partial charge in [0.15, 0.2) is 0 Å². The highest BCUT2D eigenvalue weighted by Gasteiger charge is 2.20. The lowest BCUT2D eigenvalue weighted by atomic mass is 10.2. The molecule has 0 saturated heterocycles. The smallest absolute Gasteiger partial charge is 0.242 e. The zero-order chi connectivity index (χ0) is 21.7. The van der Waals surface area contributed by atoms with Crippen LogP contribution in [-0.4, -0.2) is 44.8 Å². The lowest BCUT2D eigenvalue weighted by molar-refractivity contribution is -0.116. The lowest BCUT2D eigenvalue weighted by Crippen LogP contribution is -2.22. The molecule has 0 radical (unpaired) electrons. The van der Waals surface area contributed by atoms with Crippen molar-refractivity contribution in [3.05, 3.63) is 66.4 Å². The van der Waals surface area contributed by atoms with Crippen molar-refractivity contribution in [2.45, 2.75) is 17.7 Å². The van der Waals surface area contributed by atoms with E-state index >= 15 is 0 Å². The summed E-state index contributed by atoms with van der Waals surface area (Å²) in [6, 6.07) is 18.3. The van der Waals surface area contributed by atoms with E-state index in [1.165, 1.54) is 39.4 Å². The second-order valence-electron chi connectivity index (χ2n) is 6.96. The van der Waals surface area contributed by atoms with E-state index in [0.717, 1.165) is 21.3 Å². The van der Waals surface area contributed by atoms with Gasteiger partial charge in [0, 0.05) is 31.9 Å². The zero-order valence-electron chi connectivity index (χ0n) is 17.2. The molecule has 2 aromatic carbocycles. The number of benzene rings is 2. The molecule has 158 valence electrons. The van der Waals surface area contributed by atoms with E-state index in [0.29, 0.717) is 17.9 Å². The predicted octanol–water partition coefficient (Wildman–Crippen LogP) is 3.51. The molecule has 0 bridgehead atoms. The molecule has 0 aliphatic rings. The third-order valence-electron chi connectivity index (χ3n) is 4.68. The topological polar surface area (TPSA) is 91.5 Å². The number of anilines is 1. The molecule has 30 heavy (non-hydrogen) atoms. The summed E-state index contributed by atoms with van der Waals surface area (Å²) in [5, 5.41) is 2.76. The number of hydrogen-bond acceptors (Lipinski definition) is 4. The Balaban J connectivity index is 1.68. The number of methoxy groups -OCH3 is 1. The molecule has 0 fully saturated rings. The van der Waals surface area contributed by atoms with Gasteiger partial charge in [-0.15, -0.1) is 0 Å². The Bertz CT molecular complexity index is 1120. The number of carbonyl (C=O) groups is 1. The third kappa shape index (κ3) is 4.90. The predicted molar refractivity (Wildman–Crippen MR) is 117 cm³/mol. The first-order valence-corrected chi connectivity index (χ1v) is 10.9. The summed E-state index contributed by atoms with van der Waals surface area (Å²) in [4.78, 5) is 15.9. The van der Waals surface area contributed by atoms with Gasteiger partial charge in [-0.25, -0.2) is 12.7 Å². The van der Waals surface area contributed by atoms with Gasteiger partial charge in [0.2, 0.25) is 15.9 Å². The van der Waals surface area contributed by atoms with Crippen molar-refractivity contribution in [3.63, 3.8) is 0 Å². The van der Waals surface area contributed by atoms with Gasteiger partial charge >= 0.3 is 0 Å². The van der Waals surface area contributed by atoms with Crippen LogP contribution in [0.1, 0.15) is 12.1 Å². The number of nitrogens with one attached hydrogen (secondary N) is 2. The molecule has 1 heterocycles. The number of carbonyl (C=O) groups excluding carboxylic acids is 1. The van der Waals surface area contributed by atoms with Gasteiger partial charge in [0.05, 0.1) is 17.7 Å². The van der Waals surface area contributed by atoms with Gasteiger partial charge in [0.25, 0.3) is 0 Å². The molecule has 2 N–H and O–H groups in total. The molecule has 1 amide bonds. The minimum atomic E-state index is -3.62. The molecule has 0 atom stereocenters. The first-order chi connectivity index (χ1) is 14.3. The van der Waals surface area contributed by atoms with E-state index in [2.05, 4.69) is 10.3 Å². The van der Waals surface area contributed by atoms with E-state index in [4.69, 9.17) is 4.74 Å². The molecule has 0 unspecified atom stereocenters. The minimum absolute atomic E-state index is 0.0838. The van der Waals surface area contributed by atoms with Crippen molar-refractivity contribution in [2.75, 3.05) is 26.5 Å². The summed E-state index contributed by atoms with van der Waals surface area (Å²) >= 11 is 0. The third-order valence-corrected chi connectivity index (χ3v) is 6.49. The van der Waals surface area contributed by atoms with Crippen molar-refractivity contribution in [2.24, 2.45) is 0 Å². The molecule has 8 heteroatoms. The fourth-order valence-electron chi connectivity index (χ4n) is 2.99. The highest BCUT2D eigenvalue weighted by molar-refractivity contribution is 7.89. The van der Waals surface area contributed by atoms with Crippen LogP contribution in [0.3, 0.4) is 0 Å². The number of hydrogen-bond donors (Lipinski definition) is 2. The van der Waals surface area contributed by atoms with Gasteiger partial charge in [-0.05, 0) is 42.3 Å². The van der Waals surface area contributed by atoms with Crippen molar-refractivity contribution in [1.29, 1.82) is 0 Å². The summed E-state index contributed by atoms with van der Waals surface area (Å²) in [6.45, 7) is 0. The number of ether oxygens (including phenoxy) is 1. The number of amides is 1. The minimum Gasteiger partial charge on any atom is -0.495 e. The fraction of sp³-hybridized carbons (Fsp3) is 0.227. The quantitative estimate of drug-likeness (QED) is 0.575. The number of nitrogens with zero attached hydrogens (tertiary/aromatic N) is 1. The van der Waals surface area contributed by atoms with Crippen LogP contribution in [0.5, 0.6) is 5.75 Å². The Morgan fingerprint density at radius 1 is 1.07 bits per heavy atom. The first kappa shape index (κ1) is 21.6. The average Bonchev–Trinajstić information content (AvgIpc) is 3.22. The molecular formula is C22H25N3O4S. The number of rotatable bonds is 8. The van der Waals surface area contributed by atoms with Crippen LogP contribution < -0.4 is 10.1 Å². The van der Waals surface area contributed by atoms with Crippen LogP contribution in [0.15, 0.2) is 65.6 Å². The van der Waals surface area contributed by atoms with Gasteiger partial charge in [0.1, 0.15) is 5.75 Å². The van der Waals surface area contributed by atoms with Crippen molar-refractivity contribution < 1.29 is 17.9 Å². The molecule has 1 aromatic heterocycles. The molecule has 0 saturated carbocycles. The Hall–Kier alpha value is -3.10. The Morgan fingerprint density at radius 2 is 1.80 bits per heavy atom. The van der Waals surface area contributed by atoms with E-state index in [1.807, 2.05) is 42.5 Å². The molecule has 3 rings (SSSR count). The monoisotopic (exact) mass is 427 g/mol. The lowest BCUT2D eigenvalue weighted by Gasteiger charge is -2.15. The van der Waals surface area contributed by atoms with Crippen molar-refractivity contribution >= 4 is 21.6 Å². The van der Waals surface area contributed by atoms with Crippen molar-refractivity contribution in [1.82, 2.24) is 9.29 Å². The van der Waals surface area contributed by atoms with Gasteiger partial charge < -0.3 is 15.0 Å². The van der Waals surface area contributed by atoms with E-state index < -0.39 is 10.0 Å². The summed E-state index contributed by atoms with van der Waals surface area (Å²) in [6.07, 6.45) is 0.763. The van der Waals surface area contributed by atoms with Crippen LogP contribution in [0.2, 0.25) is 0 Å². The average molecular weight is 428 g/mol. The van der Waals surface area contributed by atoms with Gasteiger partial charge in [-0.3, -0.25) is 4.79 Å². The van der Waals surface area contributed by atoms with Crippen molar-refractivity contribution in [3.8, 4) is 17.0 Å². The Kier molecular flexibility index (Phi) is 6.59. The normalized spacial score (nSPS) is 11.5. The molecule has 0 aliphatic carbocycles. The number of aromatic nitrogens is 1. The zero-order valence-corrected chi connectivity index (χ0v) is 18.0. The first-order valence-electron chi connectivity index (χ1n) is 9.45. The molecular weight excluding hydrogens is 402 g/mol. The van der Waals surface area contributed by atoms with Gasteiger partial charge in [-0.2, -0.15) is 0 Å². The summed E-state index contributed by atoms with van der Waals surface area (Å²) in [5.41, 5.74) is 3.34. The molecule has 7 nitrogen and oxygen atoms in total. The van der Waals surface area contributed by atoms with Crippen LogP contribution in [0.4, 0.5) is 5.69 Å². The number of H-pyrrole nitrogens is 1. The molecule has 0 aliphatic heterocycles. The SMILES string of the molecule is COc1ccc(S(=O)(=O)N(C)C)cc1NC(=O)CCc1ccc(-c2ccccc2)[nH]1. The summed E-state index contributed by atoms with van der Waals surface area (Å²) < 4.78 is 31.1.